The van der Waals surface area contributed by atoms with E-state index in [0.29, 0.717) is 17.9 Å². The third kappa shape index (κ3) is 8.13. The number of carbonyl (C=O) groups is 1. The molecule has 0 aliphatic carbocycles. The molecule has 1 heterocycles. The van der Waals surface area contributed by atoms with Crippen molar-refractivity contribution in [2.24, 2.45) is 0 Å². The Labute approximate surface area is 181 Å². The molecule has 170 valence electrons. The van der Waals surface area contributed by atoms with Crippen LogP contribution in [0.1, 0.15) is 83.6 Å². The van der Waals surface area contributed by atoms with Crippen molar-refractivity contribution in [1.29, 1.82) is 0 Å². The summed E-state index contributed by atoms with van der Waals surface area (Å²) in [7, 11) is 1.56. The van der Waals surface area contributed by atoms with Crippen molar-refractivity contribution in [2.75, 3.05) is 32.5 Å². The summed E-state index contributed by atoms with van der Waals surface area (Å²) in [4.78, 5) is 14.2. The largest absolute Gasteiger partial charge is 0.495 e. The van der Waals surface area contributed by atoms with E-state index in [0.717, 1.165) is 57.3 Å². The molecule has 0 bridgehead atoms. The number of benzene rings is 1. The number of hydrogen-bond acceptors (Lipinski definition) is 5. The normalized spacial score (nSPS) is 15.9. The zero-order valence-corrected chi connectivity index (χ0v) is 19.1. The highest BCUT2D eigenvalue weighted by atomic mass is 19.1. The first kappa shape index (κ1) is 24.4. The predicted octanol–water partition coefficient (Wildman–Crippen LogP) is 5.28. The van der Waals surface area contributed by atoms with Crippen LogP contribution in [0.2, 0.25) is 0 Å². The Balaban J connectivity index is 1.59. The van der Waals surface area contributed by atoms with Gasteiger partial charge in [0.2, 0.25) is 0 Å². The molecule has 1 aromatic rings. The van der Waals surface area contributed by atoms with E-state index >= 15 is 0 Å². The Morgan fingerprint density at radius 3 is 2.40 bits per heavy atom. The quantitative estimate of drug-likeness (QED) is 0.316. The third-order valence-corrected chi connectivity index (χ3v) is 5.65. The lowest BCUT2D eigenvalue weighted by Gasteiger charge is -2.32. The van der Waals surface area contributed by atoms with E-state index in [1.807, 2.05) is 20.8 Å². The second-order valence-corrected chi connectivity index (χ2v) is 9.34. The smallest absolute Gasteiger partial charge is 0.306 e. The second-order valence-electron chi connectivity index (χ2n) is 9.34. The summed E-state index contributed by atoms with van der Waals surface area (Å²) >= 11 is 0. The van der Waals surface area contributed by atoms with Gasteiger partial charge in [-0.25, -0.2) is 4.39 Å². The van der Waals surface area contributed by atoms with Crippen LogP contribution in [0, 0.1) is 5.82 Å². The molecule has 0 unspecified atom stereocenters. The number of hydrogen-bond donors (Lipinski definition) is 1. The van der Waals surface area contributed by atoms with Gasteiger partial charge in [0.15, 0.2) is 0 Å². The first-order chi connectivity index (χ1) is 14.2. The molecular formula is C24H39FN2O3. The average molecular weight is 423 g/mol. The minimum atomic E-state index is -0.393. The molecule has 0 radical (unpaired) electrons. The molecule has 0 saturated carbocycles. The monoisotopic (exact) mass is 422 g/mol. The van der Waals surface area contributed by atoms with Gasteiger partial charge in [0.1, 0.15) is 17.2 Å². The average Bonchev–Trinajstić information content (AvgIpc) is 2.66. The Morgan fingerprint density at radius 1 is 1.13 bits per heavy atom. The molecule has 6 heteroatoms. The van der Waals surface area contributed by atoms with Gasteiger partial charge in [-0.2, -0.15) is 0 Å². The van der Waals surface area contributed by atoms with Gasteiger partial charge in [-0.1, -0.05) is 19.3 Å². The van der Waals surface area contributed by atoms with E-state index in [4.69, 9.17) is 15.2 Å². The van der Waals surface area contributed by atoms with E-state index in [1.165, 1.54) is 18.9 Å². The van der Waals surface area contributed by atoms with Gasteiger partial charge in [0.25, 0.3) is 0 Å². The molecule has 1 saturated heterocycles. The molecule has 0 aromatic heterocycles. The zero-order valence-electron chi connectivity index (χ0n) is 19.1. The molecule has 30 heavy (non-hydrogen) atoms. The number of halogens is 1. The summed E-state index contributed by atoms with van der Waals surface area (Å²) in [6.07, 6.45) is 7.89. The molecule has 0 atom stereocenters. The highest BCUT2D eigenvalue weighted by Gasteiger charge is 2.24. The molecule has 0 amide bonds. The van der Waals surface area contributed by atoms with Crippen LogP contribution in [0.15, 0.2) is 12.1 Å². The zero-order chi connectivity index (χ0) is 22.1. The van der Waals surface area contributed by atoms with E-state index in [1.54, 1.807) is 13.2 Å². The van der Waals surface area contributed by atoms with Crippen LogP contribution >= 0.6 is 0 Å². The number of likely N-dealkylation sites (tertiary alicyclic amines) is 1. The standard InChI is InChI=1S/C24H39FN2O3/c1-24(2,3)30-23(28)10-8-6-5-7-9-13-27-14-11-18(12-15-27)19-16-22(29-4)21(26)17-20(19)25/h16-18H,5-15,26H2,1-4H3. The van der Waals surface area contributed by atoms with Crippen LogP contribution in [0.4, 0.5) is 10.1 Å². The number of methoxy groups -OCH3 is 1. The number of rotatable bonds is 10. The van der Waals surface area contributed by atoms with Crippen LogP contribution in [0.3, 0.4) is 0 Å². The predicted molar refractivity (Wildman–Crippen MR) is 119 cm³/mol. The van der Waals surface area contributed by atoms with Crippen molar-refractivity contribution < 1.29 is 18.7 Å². The summed E-state index contributed by atoms with van der Waals surface area (Å²) < 4.78 is 24.9. The van der Waals surface area contributed by atoms with Crippen LogP contribution in [0.5, 0.6) is 5.75 Å². The Hall–Kier alpha value is -1.82. The van der Waals surface area contributed by atoms with Gasteiger partial charge < -0.3 is 20.1 Å². The van der Waals surface area contributed by atoms with E-state index in [-0.39, 0.29) is 17.7 Å². The maximum absolute atomic E-state index is 14.4. The molecule has 2 rings (SSSR count). The fraction of sp³-hybridized carbons (Fsp3) is 0.708. The SMILES string of the molecule is COc1cc(C2CCN(CCCCCCCC(=O)OC(C)(C)C)CC2)c(F)cc1N. The van der Waals surface area contributed by atoms with E-state index < -0.39 is 5.60 Å². The second kappa shape index (κ2) is 11.5. The minimum Gasteiger partial charge on any atom is -0.495 e. The first-order valence-corrected chi connectivity index (χ1v) is 11.3. The van der Waals surface area contributed by atoms with Crippen molar-refractivity contribution in [2.45, 2.75) is 83.7 Å². The van der Waals surface area contributed by atoms with Crippen LogP contribution in [-0.2, 0) is 9.53 Å². The number of carbonyl (C=O) groups excluding carboxylic acids is 1. The lowest BCUT2D eigenvalue weighted by Crippen LogP contribution is -2.33. The van der Waals surface area contributed by atoms with Gasteiger partial charge in [0, 0.05) is 12.5 Å². The lowest BCUT2D eigenvalue weighted by molar-refractivity contribution is -0.154. The topological polar surface area (TPSA) is 64.8 Å². The van der Waals surface area contributed by atoms with Gasteiger partial charge in [-0.05, 0) is 83.6 Å². The molecule has 1 fully saturated rings. The maximum Gasteiger partial charge on any atom is 0.306 e. The minimum absolute atomic E-state index is 0.0967. The van der Waals surface area contributed by atoms with Gasteiger partial charge in [0.05, 0.1) is 12.8 Å². The van der Waals surface area contributed by atoms with Crippen molar-refractivity contribution in [1.82, 2.24) is 4.90 Å². The number of anilines is 1. The van der Waals surface area contributed by atoms with Gasteiger partial charge >= 0.3 is 5.97 Å². The van der Waals surface area contributed by atoms with Crippen molar-refractivity contribution in [3.63, 3.8) is 0 Å². The van der Waals surface area contributed by atoms with Crippen LogP contribution in [0.25, 0.3) is 0 Å². The summed E-state index contributed by atoms with van der Waals surface area (Å²) in [5, 5.41) is 0. The van der Waals surface area contributed by atoms with Crippen LogP contribution in [-0.4, -0.2) is 43.2 Å². The first-order valence-electron chi connectivity index (χ1n) is 11.3. The number of nitrogen functional groups attached to an aromatic ring is 1. The molecule has 5 nitrogen and oxygen atoms in total. The van der Waals surface area contributed by atoms with Gasteiger partial charge in [-0.15, -0.1) is 0 Å². The van der Waals surface area contributed by atoms with Crippen molar-refractivity contribution in [3.8, 4) is 5.75 Å². The molecule has 1 aliphatic rings. The molecule has 2 N–H and O–H groups in total. The summed E-state index contributed by atoms with van der Waals surface area (Å²) in [5.74, 6) is 0.461. The molecule has 0 spiro atoms. The maximum atomic E-state index is 14.4. The summed E-state index contributed by atoms with van der Waals surface area (Å²) in [6, 6.07) is 3.14. The number of piperidine rings is 1. The van der Waals surface area contributed by atoms with E-state index in [9.17, 15) is 9.18 Å². The van der Waals surface area contributed by atoms with Crippen molar-refractivity contribution in [3.05, 3.63) is 23.5 Å². The van der Waals surface area contributed by atoms with Crippen LogP contribution < -0.4 is 10.5 Å². The fourth-order valence-corrected chi connectivity index (χ4v) is 4.07. The third-order valence-electron chi connectivity index (χ3n) is 5.65. The Bertz CT molecular complexity index is 680. The number of nitrogens with two attached hydrogens (primary N) is 1. The fourth-order valence-electron chi connectivity index (χ4n) is 4.07. The summed E-state index contributed by atoms with van der Waals surface area (Å²) in [6.45, 7) is 8.78. The molecular weight excluding hydrogens is 383 g/mol. The number of nitrogens with zero attached hydrogens (tertiary/aromatic N) is 1. The highest BCUT2D eigenvalue weighted by molar-refractivity contribution is 5.69. The lowest BCUT2D eigenvalue weighted by atomic mass is 9.88. The Morgan fingerprint density at radius 2 is 1.77 bits per heavy atom. The Kier molecular flexibility index (Phi) is 9.40. The van der Waals surface area contributed by atoms with Gasteiger partial charge in [-0.3, -0.25) is 4.79 Å². The van der Waals surface area contributed by atoms with Crippen molar-refractivity contribution >= 4 is 11.7 Å². The number of unbranched alkanes of at least 4 members (excludes halogenated alkanes) is 4. The number of ether oxygens (including phenoxy) is 2. The highest BCUT2D eigenvalue weighted by Crippen LogP contribution is 2.34. The van der Waals surface area contributed by atoms with E-state index in [2.05, 4.69) is 4.90 Å². The molecule has 1 aromatic carbocycles. The molecule has 1 aliphatic heterocycles. The number of esters is 1. The summed E-state index contributed by atoms with van der Waals surface area (Å²) in [5.41, 5.74) is 6.48.